The zero-order valence-corrected chi connectivity index (χ0v) is 15.1. The molecule has 0 saturated carbocycles. The Hall–Kier alpha value is -3.51. The lowest BCUT2D eigenvalue weighted by atomic mass is 10.1. The number of aromatic carboxylic acids is 1. The average Bonchev–Trinajstić information content (AvgIpc) is 3.22. The van der Waals surface area contributed by atoms with E-state index in [-0.39, 0.29) is 29.1 Å². The lowest BCUT2D eigenvalue weighted by Gasteiger charge is -2.11. The van der Waals surface area contributed by atoms with Crippen LogP contribution < -0.4 is 15.3 Å². The van der Waals surface area contributed by atoms with Crippen LogP contribution in [0.15, 0.2) is 74.5 Å². The molecule has 4 rings (SSSR count). The van der Waals surface area contributed by atoms with Crippen molar-refractivity contribution in [2.24, 2.45) is 0 Å². The number of hydrogen-bond donors (Lipinski definition) is 0. The highest BCUT2D eigenvalue weighted by Gasteiger charge is 2.20. The monoisotopic (exact) mass is 395 g/mol. The van der Waals surface area contributed by atoms with Crippen molar-refractivity contribution < 1.29 is 23.5 Å². The third-order valence-electron chi connectivity index (χ3n) is 4.10. The molecule has 0 aliphatic rings. The summed E-state index contributed by atoms with van der Waals surface area (Å²) in [7, 11) is 0. The maximum Gasteiger partial charge on any atom is 0.235 e. The maximum atomic E-state index is 13.0. The fourth-order valence-electron chi connectivity index (χ4n) is 2.80. The summed E-state index contributed by atoms with van der Waals surface area (Å²) < 4.78 is 16.9. The van der Waals surface area contributed by atoms with Crippen LogP contribution in [0.2, 0.25) is 5.02 Å². The van der Waals surface area contributed by atoms with Crippen molar-refractivity contribution in [2.75, 3.05) is 0 Å². The number of hydrogen-bond acceptors (Lipinski definition) is 6. The molecule has 2 aromatic heterocycles. The number of rotatable bonds is 5. The molecule has 0 atom stereocenters. The van der Waals surface area contributed by atoms with Gasteiger partial charge in [0.15, 0.2) is 5.76 Å². The summed E-state index contributed by atoms with van der Waals surface area (Å²) in [6, 6.07) is 14.1. The van der Waals surface area contributed by atoms with Crippen LogP contribution >= 0.6 is 11.6 Å². The highest BCUT2D eigenvalue weighted by Crippen LogP contribution is 2.32. The Balaban J connectivity index is 1.79. The molecule has 0 radical (unpaired) electrons. The summed E-state index contributed by atoms with van der Waals surface area (Å²) in [5, 5.41) is 11.7. The van der Waals surface area contributed by atoms with Gasteiger partial charge in [0.25, 0.3) is 0 Å². The van der Waals surface area contributed by atoms with E-state index in [0.717, 1.165) is 0 Å². The molecule has 2 aromatic carbocycles. The Labute approximate surface area is 163 Å². The Morgan fingerprint density at radius 2 is 1.96 bits per heavy atom. The van der Waals surface area contributed by atoms with Crippen LogP contribution in [0.25, 0.3) is 22.5 Å². The fourth-order valence-corrected chi connectivity index (χ4v) is 2.97. The van der Waals surface area contributed by atoms with Gasteiger partial charge in [-0.2, -0.15) is 0 Å². The minimum absolute atomic E-state index is 0.0182. The topological polar surface area (TPSA) is 92.7 Å². The van der Waals surface area contributed by atoms with Gasteiger partial charge in [-0.3, -0.25) is 4.79 Å². The number of carbonyl (C=O) groups excluding carboxylic acids is 1. The standard InChI is InChI=1S/C21H13ClO6/c22-14-6-7-16-15(10-14)18(23)20(19(28-16)17-5-2-8-26-17)27-11-12-3-1-4-13(9-12)21(24)25/h1-10H,11H2,(H,24,25)/p-1. The van der Waals surface area contributed by atoms with Gasteiger partial charge in [-0.1, -0.05) is 29.8 Å². The van der Waals surface area contributed by atoms with Gasteiger partial charge >= 0.3 is 0 Å². The SMILES string of the molecule is O=C([O-])c1cccc(COc2c(-c3ccco3)oc3ccc(Cl)cc3c2=O)c1. The molecule has 0 bridgehead atoms. The molecule has 7 heteroatoms. The molecule has 6 nitrogen and oxygen atoms in total. The second kappa shape index (κ2) is 7.25. The Morgan fingerprint density at radius 1 is 1.11 bits per heavy atom. The van der Waals surface area contributed by atoms with Crippen molar-refractivity contribution >= 4 is 28.5 Å². The number of fused-ring (bicyclic) bond motifs is 1. The third kappa shape index (κ3) is 3.37. The van der Waals surface area contributed by atoms with E-state index in [1.165, 1.54) is 24.5 Å². The van der Waals surface area contributed by atoms with E-state index in [1.54, 1.807) is 36.4 Å². The van der Waals surface area contributed by atoms with Gasteiger partial charge in [-0.15, -0.1) is 0 Å². The Kier molecular flexibility index (Phi) is 4.63. The van der Waals surface area contributed by atoms with Crippen molar-refractivity contribution in [3.8, 4) is 17.3 Å². The first-order valence-electron chi connectivity index (χ1n) is 8.26. The smallest absolute Gasteiger partial charge is 0.235 e. The maximum absolute atomic E-state index is 13.0. The zero-order chi connectivity index (χ0) is 19.7. The number of ether oxygens (including phenoxy) is 1. The Morgan fingerprint density at radius 3 is 2.71 bits per heavy atom. The minimum Gasteiger partial charge on any atom is -0.545 e. The molecular formula is C21H12ClO6-. The van der Waals surface area contributed by atoms with Crippen LogP contribution in [-0.2, 0) is 6.61 Å². The summed E-state index contributed by atoms with van der Waals surface area (Å²) in [5.41, 5.74) is 0.501. The summed E-state index contributed by atoms with van der Waals surface area (Å²) >= 11 is 6.00. The molecule has 4 aromatic rings. The molecule has 0 N–H and O–H groups in total. The molecule has 28 heavy (non-hydrogen) atoms. The van der Waals surface area contributed by atoms with Crippen molar-refractivity contribution in [1.29, 1.82) is 0 Å². The molecule has 0 spiro atoms. The molecule has 0 unspecified atom stereocenters. The predicted molar refractivity (Wildman–Crippen MR) is 100 cm³/mol. The predicted octanol–water partition coefficient (Wildman–Crippen LogP) is 3.65. The van der Waals surface area contributed by atoms with Gasteiger partial charge in [0.1, 0.15) is 12.2 Å². The summed E-state index contributed by atoms with van der Waals surface area (Å²) in [5.74, 6) is -0.880. The molecule has 0 fully saturated rings. The molecule has 0 aliphatic carbocycles. The summed E-state index contributed by atoms with van der Waals surface area (Å²) in [6.07, 6.45) is 1.45. The van der Waals surface area contributed by atoms with Crippen LogP contribution in [-0.4, -0.2) is 5.97 Å². The van der Waals surface area contributed by atoms with E-state index in [0.29, 0.717) is 21.9 Å². The molecule has 140 valence electrons. The number of carboxylic acid groups (broad SMARTS) is 1. The molecule has 0 aliphatic heterocycles. The van der Waals surface area contributed by atoms with Gasteiger partial charge in [0.2, 0.25) is 16.9 Å². The largest absolute Gasteiger partial charge is 0.545 e. The lowest BCUT2D eigenvalue weighted by molar-refractivity contribution is -0.255. The summed E-state index contributed by atoms with van der Waals surface area (Å²) in [4.78, 5) is 24.0. The van der Waals surface area contributed by atoms with E-state index < -0.39 is 11.4 Å². The first kappa shape index (κ1) is 17.9. The first-order chi connectivity index (χ1) is 13.5. The van der Waals surface area contributed by atoms with Crippen molar-refractivity contribution in [3.63, 3.8) is 0 Å². The quantitative estimate of drug-likeness (QED) is 0.512. The second-order valence-corrected chi connectivity index (χ2v) is 6.42. The fraction of sp³-hybridized carbons (Fsp3) is 0.0476. The highest BCUT2D eigenvalue weighted by molar-refractivity contribution is 6.31. The van der Waals surface area contributed by atoms with Crippen LogP contribution in [0.3, 0.4) is 0 Å². The third-order valence-corrected chi connectivity index (χ3v) is 4.34. The van der Waals surface area contributed by atoms with Gasteiger partial charge in [-0.05, 0) is 47.5 Å². The van der Waals surface area contributed by atoms with Gasteiger partial charge in [0, 0.05) is 5.02 Å². The van der Waals surface area contributed by atoms with Crippen LogP contribution in [0, 0.1) is 0 Å². The normalized spacial score (nSPS) is 10.9. The van der Waals surface area contributed by atoms with E-state index in [2.05, 4.69) is 0 Å². The van der Waals surface area contributed by atoms with E-state index >= 15 is 0 Å². The van der Waals surface area contributed by atoms with Crippen LogP contribution in [0.1, 0.15) is 15.9 Å². The van der Waals surface area contributed by atoms with Crippen molar-refractivity contribution in [1.82, 2.24) is 0 Å². The number of halogens is 1. The summed E-state index contributed by atoms with van der Waals surface area (Å²) in [6.45, 7) is -0.0499. The highest BCUT2D eigenvalue weighted by atomic mass is 35.5. The van der Waals surface area contributed by atoms with Crippen molar-refractivity contribution in [2.45, 2.75) is 6.61 Å². The number of carbonyl (C=O) groups is 1. The lowest BCUT2D eigenvalue weighted by Crippen LogP contribution is -2.22. The van der Waals surface area contributed by atoms with Crippen LogP contribution in [0.5, 0.6) is 5.75 Å². The van der Waals surface area contributed by atoms with Gasteiger partial charge in [-0.25, -0.2) is 0 Å². The van der Waals surface area contributed by atoms with Gasteiger partial charge < -0.3 is 23.5 Å². The molecule has 2 heterocycles. The van der Waals surface area contributed by atoms with E-state index in [9.17, 15) is 14.7 Å². The molecule has 0 saturated heterocycles. The first-order valence-corrected chi connectivity index (χ1v) is 8.64. The van der Waals surface area contributed by atoms with E-state index in [1.807, 2.05) is 0 Å². The minimum atomic E-state index is -1.29. The molecular weight excluding hydrogens is 384 g/mol. The zero-order valence-electron chi connectivity index (χ0n) is 14.3. The van der Waals surface area contributed by atoms with E-state index in [4.69, 9.17) is 25.2 Å². The number of furan rings is 1. The number of benzene rings is 2. The Bertz CT molecular complexity index is 1220. The van der Waals surface area contributed by atoms with Crippen molar-refractivity contribution in [3.05, 3.63) is 87.2 Å². The average molecular weight is 396 g/mol. The second-order valence-electron chi connectivity index (χ2n) is 5.98. The number of carboxylic acids is 1. The molecule has 0 amide bonds. The van der Waals surface area contributed by atoms with Gasteiger partial charge in [0.05, 0.1) is 17.6 Å². The van der Waals surface area contributed by atoms with Crippen LogP contribution in [0.4, 0.5) is 0 Å².